The second-order valence-electron chi connectivity index (χ2n) is 10.3. The first-order valence-electron chi connectivity index (χ1n) is 14.1. The molecule has 2 saturated heterocycles. The molecule has 3 atom stereocenters. The summed E-state index contributed by atoms with van der Waals surface area (Å²) in [5, 5.41) is 8.85. The molecule has 0 aromatic heterocycles. The standard InChI is InChI=1S/C28H42N4O6/c33-26-10-9-21-5-3-6-22(19-21)37-15-2-1-8-24(27(34)29-20-23-7-4-16-38-23)31-28(35)25(30-26)11-12-32-13-17-36-18-14-32/h3,5-6,19,23-25H,1-2,4,7-18,20H2,(H,29,34)(H,30,33)(H,31,35)/t23-,24+,25+/m1/s1. The van der Waals surface area contributed by atoms with Crippen molar-refractivity contribution in [2.45, 2.75) is 69.6 Å². The first-order chi connectivity index (χ1) is 18.6. The number of hydrogen-bond donors (Lipinski definition) is 3. The lowest BCUT2D eigenvalue weighted by Crippen LogP contribution is -2.55. The monoisotopic (exact) mass is 530 g/mol. The van der Waals surface area contributed by atoms with E-state index in [2.05, 4.69) is 20.9 Å². The van der Waals surface area contributed by atoms with Crippen molar-refractivity contribution in [2.24, 2.45) is 0 Å². The van der Waals surface area contributed by atoms with Crippen LogP contribution in [0.1, 0.15) is 50.5 Å². The summed E-state index contributed by atoms with van der Waals surface area (Å²) >= 11 is 0. The Labute approximate surface area is 225 Å². The molecule has 3 heterocycles. The van der Waals surface area contributed by atoms with Crippen molar-refractivity contribution in [1.82, 2.24) is 20.9 Å². The van der Waals surface area contributed by atoms with E-state index in [1.165, 1.54) is 0 Å². The second-order valence-corrected chi connectivity index (χ2v) is 10.3. The van der Waals surface area contributed by atoms with Gasteiger partial charge in [-0.15, -0.1) is 0 Å². The lowest BCUT2D eigenvalue weighted by molar-refractivity contribution is -0.132. The van der Waals surface area contributed by atoms with E-state index in [-0.39, 0.29) is 30.2 Å². The van der Waals surface area contributed by atoms with Gasteiger partial charge in [-0.1, -0.05) is 12.1 Å². The molecule has 1 aromatic carbocycles. The third-order valence-electron chi connectivity index (χ3n) is 7.35. The van der Waals surface area contributed by atoms with Crippen LogP contribution in [-0.4, -0.2) is 93.4 Å². The molecule has 10 heteroatoms. The maximum absolute atomic E-state index is 13.4. The molecule has 0 radical (unpaired) electrons. The SMILES string of the molecule is O=C1CCc2cccc(c2)OCCCC[C@@H](C(=O)NC[C@H]2CCCO2)NC(=O)[C@H](CCN2CCOCC2)N1. The average Bonchev–Trinajstić information content (AvgIpc) is 3.46. The minimum Gasteiger partial charge on any atom is -0.494 e. The number of aryl methyl sites for hydroxylation is 1. The highest BCUT2D eigenvalue weighted by Gasteiger charge is 2.28. The van der Waals surface area contributed by atoms with Gasteiger partial charge in [0.2, 0.25) is 17.7 Å². The first-order valence-corrected chi connectivity index (χ1v) is 14.1. The molecule has 3 amide bonds. The molecular weight excluding hydrogens is 488 g/mol. The Balaban J connectivity index is 1.44. The van der Waals surface area contributed by atoms with Crippen LogP contribution in [0.4, 0.5) is 0 Å². The van der Waals surface area contributed by atoms with Crippen molar-refractivity contribution in [2.75, 3.05) is 52.6 Å². The summed E-state index contributed by atoms with van der Waals surface area (Å²) in [6.07, 6.45) is 5.16. The molecular formula is C28H42N4O6. The van der Waals surface area contributed by atoms with Crippen LogP contribution in [0.3, 0.4) is 0 Å². The smallest absolute Gasteiger partial charge is 0.243 e. The van der Waals surface area contributed by atoms with Gasteiger partial charge in [0.25, 0.3) is 0 Å². The fourth-order valence-electron chi connectivity index (χ4n) is 5.05. The van der Waals surface area contributed by atoms with Gasteiger partial charge in [0.05, 0.1) is 25.9 Å². The zero-order valence-electron chi connectivity index (χ0n) is 22.3. The van der Waals surface area contributed by atoms with Crippen molar-refractivity contribution >= 4 is 17.7 Å². The molecule has 0 saturated carbocycles. The predicted molar refractivity (Wildman–Crippen MR) is 142 cm³/mol. The molecule has 38 heavy (non-hydrogen) atoms. The summed E-state index contributed by atoms with van der Waals surface area (Å²) < 4.78 is 17.0. The molecule has 2 bridgehead atoms. The molecule has 0 unspecified atom stereocenters. The van der Waals surface area contributed by atoms with Crippen LogP contribution >= 0.6 is 0 Å². The van der Waals surface area contributed by atoms with Crippen LogP contribution in [0.25, 0.3) is 0 Å². The molecule has 3 N–H and O–H groups in total. The van der Waals surface area contributed by atoms with Gasteiger partial charge in [-0.05, 0) is 62.6 Å². The summed E-state index contributed by atoms with van der Waals surface area (Å²) in [6.45, 7) is 5.26. The molecule has 3 aliphatic heterocycles. The summed E-state index contributed by atoms with van der Waals surface area (Å²) in [6, 6.07) is 6.37. The minimum atomic E-state index is -0.721. The van der Waals surface area contributed by atoms with Gasteiger partial charge in [0, 0.05) is 39.2 Å². The van der Waals surface area contributed by atoms with Crippen molar-refractivity contribution in [3.63, 3.8) is 0 Å². The van der Waals surface area contributed by atoms with E-state index >= 15 is 0 Å². The topological polar surface area (TPSA) is 118 Å². The van der Waals surface area contributed by atoms with Gasteiger partial charge in [-0.3, -0.25) is 19.3 Å². The summed E-state index contributed by atoms with van der Waals surface area (Å²) in [5.41, 5.74) is 1.02. The largest absolute Gasteiger partial charge is 0.494 e. The van der Waals surface area contributed by atoms with E-state index in [9.17, 15) is 14.4 Å². The van der Waals surface area contributed by atoms with Gasteiger partial charge in [-0.25, -0.2) is 0 Å². The number of fused-ring (bicyclic) bond motifs is 2. The zero-order valence-corrected chi connectivity index (χ0v) is 22.3. The maximum atomic E-state index is 13.4. The van der Waals surface area contributed by atoms with Crippen LogP contribution in [0.15, 0.2) is 24.3 Å². The van der Waals surface area contributed by atoms with E-state index in [0.29, 0.717) is 65.2 Å². The lowest BCUT2D eigenvalue weighted by Gasteiger charge is -2.29. The Hall–Kier alpha value is -2.69. The van der Waals surface area contributed by atoms with Gasteiger partial charge >= 0.3 is 0 Å². The Morgan fingerprint density at radius 1 is 1.00 bits per heavy atom. The number of benzene rings is 1. The van der Waals surface area contributed by atoms with Crippen LogP contribution in [0.5, 0.6) is 5.75 Å². The highest BCUT2D eigenvalue weighted by atomic mass is 16.5. The number of amides is 3. The third-order valence-corrected chi connectivity index (χ3v) is 7.35. The van der Waals surface area contributed by atoms with E-state index in [0.717, 1.165) is 43.7 Å². The molecule has 0 spiro atoms. The number of carbonyl (C=O) groups excluding carboxylic acids is 3. The quantitative estimate of drug-likeness (QED) is 0.505. The van der Waals surface area contributed by atoms with Crippen LogP contribution in [0.2, 0.25) is 0 Å². The van der Waals surface area contributed by atoms with Gasteiger partial charge in [-0.2, -0.15) is 0 Å². The highest BCUT2D eigenvalue weighted by molar-refractivity contribution is 5.92. The molecule has 1 aromatic rings. The molecule has 210 valence electrons. The van der Waals surface area contributed by atoms with E-state index in [1.807, 2.05) is 24.3 Å². The number of ether oxygens (including phenoxy) is 3. The Morgan fingerprint density at radius 3 is 2.68 bits per heavy atom. The molecule has 4 rings (SSSR count). The molecule has 0 aliphatic carbocycles. The van der Waals surface area contributed by atoms with Crippen molar-refractivity contribution in [3.8, 4) is 5.75 Å². The maximum Gasteiger partial charge on any atom is 0.243 e. The number of morpholine rings is 1. The summed E-state index contributed by atoms with van der Waals surface area (Å²) in [5.74, 6) is 0.0403. The van der Waals surface area contributed by atoms with E-state index < -0.39 is 12.1 Å². The fraction of sp³-hybridized carbons (Fsp3) is 0.679. The minimum absolute atomic E-state index is 0.0190. The number of nitrogens with one attached hydrogen (secondary N) is 3. The predicted octanol–water partition coefficient (Wildman–Crippen LogP) is 1.17. The van der Waals surface area contributed by atoms with Crippen molar-refractivity contribution in [3.05, 3.63) is 29.8 Å². The van der Waals surface area contributed by atoms with Crippen LogP contribution < -0.4 is 20.7 Å². The van der Waals surface area contributed by atoms with Crippen molar-refractivity contribution in [1.29, 1.82) is 0 Å². The first kappa shape index (κ1) is 28.3. The van der Waals surface area contributed by atoms with E-state index in [1.54, 1.807) is 0 Å². The molecule has 3 aliphatic rings. The molecule has 2 fully saturated rings. The highest BCUT2D eigenvalue weighted by Crippen LogP contribution is 2.16. The Bertz CT molecular complexity index is 916. The molecule has 10 nitrogen and oxygen atoms in total. The average molecular weight is 531 g/mol. The second kappa shape index (κ2) is 15.0. The Morgan fingerprint density at radius 2 is 1.87 bits per heavy atom. The third kappa shape index (κ3) is 9.25. The van der Waals surface area contributed by atoms with Crippen molar-refractivity contribution < 1.29 is 28.6 Å². The summed E-state index contributed by atoms with van der Waals surface area (Å²) in [4.78, 5) is 41.7. The lowest BCUT2D eigenvalue weighted by atomic mass is 10.1. The van der Waals surface area contributed by atoms with Crippen LogP contribution in [0, 0.1) is 0 Å². The zero-order chi connectivity index (χ0) is 26.6. The van der Waals surface area contributed by atoms with Gasteiger partial charge < -0.3 is 30.2 Å². The fourth-order valence-corrected chi connectivity index (χ4v) is 5.05. The van der Waals surface area contributed by atoms with Crippen LogP contribution in [-0.2, 0) is 30.3 Å². The number of nitrogens with zero attached hydrogens (tertiary/aromatic N) is 1. The number of hydrogen-bond acceptors (Lipinski definition) is 7. The Kier molecular flexibility index (Phi) is 11.2. The van der Waals surface area contributed by atoms with Gasteiger partial charge in [0.1, 0.15) is 17.8 Å². The van der Waals surface area contributed by atoms with E-state index in [4.69, 9.17) is 14.2 Å². The summed E-state index contributed by atoms with van der Waals surface area (Å²) in [7, 11) is 0. The number of carbonyl (C=O) groups is 3. The number of rotatable bonds is 6. The van der Waals surface area contributed by atoms with Gasteiger partial charge in [0.15, 0.2) is 0 Å². The normalized spacial score (nSPS) is 26.2.